The number of rotatable bonds is 6. The number of benzene rings is 2. The Balaban J connectivity index is 2.37. The van der Waals surface area contributed by atoms with Gasteiger partial charge in [0.15, 0.2) is 17.3 Å². The van der Waals surface area contributed by atoms with E-state index in [1.165, 1.54) is 27.4 Å². The van der Waals surface area contributed by atoms with E-state index in [-0.39, 0.29) is 5.78 Å². The van der Waals surface area contributed by atoms with Crippen LogP contribution < -0.4 is 14.2 Å². The summed E-state index contributed by atoms with van der Waals surface area (Å²) in [6.45, 7) is 0. The summed E-state index contributed by atoms with van der Waals surface area (Å²) < 4.78 is 15.8. The minimum atomic E-state index is -0.251. The molecule has 24 heavy (non-hydrogen) atoms. The van der Waals surface area contributed by atoms with Crippen molar-refractivity contribution in [1.29, 1.82) is 0 Å². The average molecular weight is 367 g/mol. The Morgan fingerprint density at radius 1 is 0.958 bits per heavy atom. The largest absolute Gasteiger partial charge is 0.493 e. The molecule has 2 aromatic rings. The van der Waals surface area contributed by atoms with Gasteiger partial charge < -0.3 is 14.2 Å². The van der Waals surface area contributed by atoms with E-state index in [1.54, 1.807) is 36.4 Å². The maximum Gasteiger partial charge on any atom is 0.204 e. The monoisotopic (exact) mass is 366 g/mol. The van der Waals surface area contributed by atoms with Crippen molar-refractivity contribution < 1.29 is 19.0 Å². The second-order valence-electron chi connectivity index (χ2n) is 4.75. The van der Waals surface area contributed by atoms with Gasteiger partial charge in [-0.2, -0.15) is 0 Å². The van der Waals surface area contributed by atoms with Crippen molar-refractivity contribution in [1.82, 2.24) is 0 Å². The Morgan fingerprint density at radius 2 is 1.67 bits per heavy atom. The van der Waals surface area contributed by atoms with Crippen molar-refractivity contribution in [2.24, 2.45) is 0 Å². The van der Waals surface area contributed by atoms with E-state index in [0.717, 1.165) is 0 Å². The number of hydrogen-bond donors (Lipinski definition) is 0. The standard InChI is InChI=1S/C18H16Cl2O4/c1-22-16-9-7-13(17(23-2)18(16)24-3)15(21)8-5-11-4-6-12(19)10-14(11)20/h4-10H,1-3H3/b8-5+. The first-order valence-corrected chi connectivity index (χ1v) is 7.73. The molecule has 0 atom stereocenters. The minimum absolute atomic E-state index is 0.251. The van der Waals surface area contributed by atoms with Gasteiger partial charge in [0, 0.05) is 10.0 Å². The van der Waals surface area contributed by atoms with Gasteiger partial charge in [0.2, 0.25) is 5.75 Å². The number of halogens is 2. The van der Waals surface area contributed by atoms with Crippen molar-refractivity contribution in [3.8, 4) is 17.2 Å². The van der Waals surface area contributed by atoms with E-state index in [9.17, 15) is 4.79 Å². The summed E-state index contributed by atoms with van der Waals surface area (Å²) in [6.07, 6.45) is 3.04. The predicted octanol–water partition coefficient (Wildman–Crippen LogP) is 4.92. The van der Waals surface area contributed by atoms with E-state index in [1.807, 2.05) is 0 Å². The fourth-order valence-corrected chi connectivity index (χ4v) is 2.66. The third-order valence-corrected chi connectivity index (χ3v) is 3.91. The molecule has 0 N–H and O–H groups in total. The van der Waals surface area contributed by atoms with Crippen LogP contribution in [0.2, 0.25) is 10.0 Å². The first-order valence-electron chi connectivity index (χ1n) is 6.98. The first kappa shape index (κ1) is 18.2. The van der Waals surface area contributed by atoms with E-state index in [4.69, 9.17) is 37.4 Å². The summed E-state index contributed by atoms with van der Waals surface area (Å²) >= 11 is 12.0. The fourth-order valence-electron chi connectivity index (χ4n) is 2.19. The molecule has 0 heterocycles. The highest BCUT2D eigenvalue weighted by molar-refractivity contribution is 6.35. The summed E-state index contributed by atoms with van der Waals surface area (Å²) in [6, 6.07) is 8.33. The number of ether oxygens (including phenoxy) is 3. The SMILES string of the molecule is COc1ccc(C(=O)/C=C/c2ccc(Cl)cc2Cl)c(OC)c1OC. The van der Waals surface area contributed by atoms with Crippen molar-refractivity contribution in [3.05, 3.63) is 57.6 Å². The summed E-state index contributed by atoms with van der Waals surface area (Å²) in [7, 11) is 4.47. The van der Waals surface area contributed by atoms with Crippen LogP contribution in [0.3, 0.4) is 0 Å². The zero-order valence-corrected chi connectivity index (χ0v) is 14.9. The average Bonchev–Trinajstić information content (AvgIpc) is 2.59. The molecule has 0 aliphatic heterocycles. The molecule has 0 aromatic heterocycles. The van der Waals surface area contributed by atoms with Gasteiger partial charge >= 0.3 is 0 Å². The Bertz CT molecular complexity index is 785. The predicted molar refractivity (Wildman–Crippen MR) is 95.9 cm³/mol. The highest BCUT2D eigenvalue weighted by Gasteiger charge is 2.19. The molecule has 0 radical (unpaired) electrons. The third kappa shape index (κ3) is 3.83. The minimum Gasteiger partial charge on any atom is -0.493 e. The Hall–Kier alpha value is -2.17. The molecular formula is C18H16Cl2O4. The highest BCUT2D eigenvalue weighted by Crippen LogP contribution is 2.40. The number of carbonyl (C=O) groups is 1. The van der Waals surface area contributed by atoms with Gasteiger partial charge in [0.1, 0.15) is 0 Å². The lowest BCUT2D eigenvalue weighted by Crippen LogP contribution is -2.02. The van der Waals surface area contributed by atoms with Crippen LogP contribution in [0.5, 0.6) is 17.2 Å². The van der Waals surface area contributed by atoms with Crippen LogP contribution in [-0.4, -0.2) is 27.1 Å². The van der Waals surface area contributed by atoms with Gasteiger partial charge in [-0.05, 0) is 42.0 Å². The maximum atomic E-state index is 12.5. The van der Waals surface area contributed by atoms with Gasteiger partial charge in [-0.1, -0.05) is 29.3 Å². The molecule has 126 valence electrons. The van der Waals surface area contributed by atoms with Crippen LogP contribution in [0.15, 0.2) is 36.4 Å². The van der Waals surface area contributed by atoms with Crippen LogP contribution >= 0.6 is 23.2 Å². The van der Waals surface area contributed by atoms with Gasteiger partial charge in [0.05, 0.1) is 26.9 Å². The molecule has 0 saturated carbocycles. The molecule has 0 fully saturated rings. The quantitative estimate of drug-likeness (QED) is 0.537. The van der Waals surface area contributed by atoms with Gasteiger partial charge in [-0.25, -0.2) is 0 Å². The molecule has 0 aliphatic rings. The third-order valence-electron chi connectivity index (χ3n) is 3.35. The summed E-state index contributed by atoms with van der Waals surface area (Å²) in [5, 5.41) is 0.996. The molecule has 2 rings (SSSR count). The van der Waals surface area contributed by atoms with E-state index < -0.39 is 0 Å². The lowest BCUT2D eigenvalue weighted by atomic mass is 10.1. The fraction of sp³-hybridized carbons (Fsp3) is 0.167. The molecular weight excluding hydrogens is 351 g/mol. The van der Waals surface area contributed by atoms with Crippen molar-refractivity contribution in [3.63, 3.8) is 0 Å². The van der Waals surface area contributed by atoms with Crippen LogP contribution in [0, 0.1) is 0 Å². The number of ketones is 1. The molecule has 0 aliphatic carbocycles. The zero-order valence-electron chi connectivity index (χ0n) is 13.4. The number of hydrogen-bond acceptors (Lipinski definition) is 4. The van der Waals surface area contributed by atoms with Crippen molar-refractivity contribution >= 4 is 35.1 Å². The molecule has 6 heteroatoms. The van der Waals surface area contributed by atoms with E-state index in [2.05, 4.69) is 0 Å². The molecule has 0 bridgehead atoms. The molecule has 4 nitrogen and oxygen atoms in total. The summed E-state index contributed by atoms with van der Waals surface area (Å²) in [5.41, 5.74) is 1.05. The Labute approximate surface area is 150 Å². The van der Waals surface area contributed by atoms with Gasteiger partial charge in [-0.3, -0.25) is 4.79 Å². The van der Waals surface area contributed by atoms with Crippen molar-refractivity contribution in [2.45, 2.75) is 0 Å². The van der Waals surface area contributed by atoms with Crippen molar-refractivity contribution in [2.75, 3.05) is 21.3 Å². The molecule has 0 spiro atoms. The van der Waals surface area contributed by atoms with Crippen LogP contribution in [0.25, 0.3) is 6.08 Å². The molecule has 0 saturated heterocycles. The number of allylic oxidation sites excluding steroid dienone is 1. The lowest BCUT2D eigenvalue weighted by molar-refractivity contribution is 0.104. The first-order chi connectivity index (χ1) is 11.5. The summed E-state index contributed by atoms with van der Waals surface area (Å²) in [4.78, 5) is 12.5. The second kappa shape index (κ2) is 8.08. The molecule has 0 amide bonds. The maximum absolute atomic E-state index is 12.5. The molecule has 2 aromatic carbocycles. The number of methoxy groups -OCH3 is 3. The van der Waals surface area contributed by atoms with Crippen LogP contribution in [0.4, 0.5) is 0 Å². The number of carbonyl (C=O) groups excluding carboxylic acids is 1. The second-order valence-corrected chi connectivity index (χ2v) is 5.59. The normalized spacial score (nSPS) is 10.7. The summed E-state index contributed by atoms with van der Waals surface area (Å²) in [5.74, 6) is 0.909. The molecule has 0 unspecified atom stereocenters. The van der Waals surface area contributed by atoms with Crippen LogP contribution in [0.1, 0.15) is 15.9 Å². The van der Waals surface area contributed by atoms with Gasteiger partial charge in [0.25, 0.3) is 0 Å². The van der Waals surface area contributed by atoms with E-state index in [0.29, 0.717) is 38.4 Å². The Morgan fingerprint density at radius 3 is 2.25 bits per heavy atom. The van der Waals surface area contributed by atoms with Gasteiger partial charge in [-0.15, -0.1) is 0 Å². The highest BCUT2D eigenvalue weighted by atomic mass is 35.5. The van der Waals surface area contributed by atoms with Crippen LogP contribution in [-0.2, 0) is 0 Å². The Kier molecular flexibility index (Phi) is 6.12. The van der Waals surface area contributed by atoms with E-state index >= 15 is 0 Å². The zero-order chi connectivity index (χ0) is 17.7. The smallest absolute Gasteiger partial charge is 0.204 e. The lowest BCUT2D eigenvalue weighted by Gasteiger charge is -2.14. The topological polar surface area (TPSA) is 44.8 Å².